The number of fused-ring (bicyclic) bond motifs is 1. The normalized spacial score (nSPS) is 13.9. The van der Waals surface area contributed by atoms with Gasteiger partial charge in [-0.1, -0.05) is 6.07 Å². The van der Waals surface area contributed by atoms with Crippen LogP contribution in [0.15, 0.2) is 24.4 Å². The van der Waals surface area contributed by atoms with Crippen molar-refractivity contribution in [2.24, 2.45) is 0 Å². The summed E-state index contributed by atoms with van der Waals surface area (Å²) in [4.78, 5) is 0. The first-order chi connectivity index (χ1) is 8.35. The Morgan fingerprint density at radius 2 is 2.22 bits per heavy atom. The van der Waals surface area contributed by atoms with Gasteiger partial charge in [0.1, 0.15) is 0 Å². The van der Waals surface area contributed by atoms with Gasteiger partial charge >= 0.3 is 0 Å². The Labute approximate surface area is 119 Å². The average molecular weight is 380 g/mol. The van der Waals surface area contributed by atoms with Crippen LogP contribution in [0.4, 0.5) is 0 Å². The van der Waals surface area contributed by atoms with Gasteiger partial charge in [0.2, 0.25) is 0 Å². The quantitative estimate of drug-likeness (QED) is 0.602. The molecule has 1 aromatic heterocycles. The highest BCUT2D eigenvalue weighted by molar-refractivity contribution is 14.1. The molecule has 2 aromatic rings. The standard InChI is InChI=1S/C11H13IN2O3S/c1-8(17-18(2,15)16)7-14-11-5-10(12)4-3-9(11)6-13-14/h3-6,8H,7H2,1-2H3. The Balaban J connectivity index is 2.24. The van der Waals surface area contributed by atoms with Crippen molar-refractivity contribution in [3.63, 3.8) is 0 Å². The lowest BCUT2D eigenvalue weighted by Gasteiger charge is -2.11. The van der Waals surface area contributed by atoms with Crippen LogP contribution in [0.25, 0.3) is 10.9 Å². The van der Waals surface area contributed by atoms with Crippen molar-refractivity contribution in [1.29, 1.82) is 0 Å². The van der Waals surface area contributed by atoms with Gasteiger partial charge in [-0.05, 0) is 41.6 Å². The molecule has 1 heterocycles. The van der Waals surface area contributed by atoms with Gasteiger partial charge in [-0.3, -0.25) is 8.86 Å². The van der Waals surface area contributed by atoms with Crippen molar-refractivity contribution >= 4 is 43.6 Å². The minimum absolute atomic E-state index is 0.399. The van der Waals surface area contributed by atoms with Crippen LogP contribution in [0, 0.1) is 3.57 Å². The molecule has 1 atom stereocenters. The largest absolute Gasteiger partial charge is 0.265 e. The van der Waals surface area contributed by atoms with Crippen molar-refractivity contribution in [2.75, 3.05) is 6.26 Å². The average Bonchev–Trinajstić information content (AvgIpc) is 2.58. The maximum absolute atomic E-state index is 11.0. The first-order valence-corrected chi connectivity index (χ1v) is 8.24. The van der Waals surface area contributed by atoms with E-state index in [4.69, 9.17) is 4.18 Å². The molecule has 5 nitrogen and oxygen atoms in total. The number of rotatable bonds is 4. The lowest BCUT2D eigenvalue weighted by molar-refractivity contribution is 0.205. The van der Waals surface area contributed by atoms with Crippen molar-refractivity contribution in [2.45, 2.75) is 19.6 Å². The van der Waals surface area contributed by atoms with Gasteiger partial charge in [0.25, 0.3) is 10.1 Å². The Kier molecular flexibility index (Phi) is 3.93. The molecule has 0 aliphatic heterocycles. The summed E-state index contributed by atoms with van der Waals surface area (Å²) >= 11 is 2.23. The summed E-state index contributed by atoms with van der Waals surface area (Å²) < 4.78 is 29.8. The van der Waals surface area contributed by atoms with Gasteiger partial charge in [-0.15, -0.1) is 0 Å². The number of benzene rings is 1. The molecule has 0 aliphatic carbocycles. The third-order valence-electron chi connectivity index (χ3n) is 2.38. The molecule has 1 aromatic carbocycles. The lowest BCUT2D eigenvalue weighted by atomic mass is 10.2. The van der Waals surface area contributed by atoms with Crippen LogP contribution in [0.5, 0.6) is 0 Å². The van der Waals surface area contributed by atoms with Crippen molar-refractivity contribution < 1.29 is 12.6 Å². The minimum Gasteiger partial charge on any atom is -0.265 e. The molecule has 0 N–H and O–H groups in total. The Morgan fingerprint density at radius 1 is 1.50 bits per heavy atom. The molecule has 7 heteroatoms. The molecule has 0 spiro atoms. The maximum Gasteiger partial charge on any atom is 0.264 e. The van der Waals surface area contributed by atoms with E-state index in [-0.39, 0.29) is 0 Å². The second-order valence-electron chi connectivity index (χ2n) is 4.14. The van der Waals surface area contributed by atoms with Crippen LogP contribution in [-0.2, 0) is 20.8 Å². The predicted octanol–water partition coefficient (Wildman–Crippen LogP) is 2.01. The van der Waals surface area contributed by atoms with E-state index in [9.17, 15) is 8.42 Å². The summed E-state index contributed by atoms with van der Waals surface area (Å²) in [5.74, 6) is 0. The van der Waals surface area contributed by atoms with Gasteiger partial charge in [0.15, 0.2) is 0 Å². The molecule has 18 heavy (non-hydrogen) atoms. The van der Waals surface area contributed by atoms with E-state index in [1.54, 1.807) is 17.8 Å². The third kappa shape index (κ3) is 3.42. The molecule has 0 radical (unpaired) electrons. The molecule has 0 amide bonds. The molecule has 0 fully saturated rings. The topological polar surface area (TPSA) is 61.2 Å². The van der Waals surface area contributed by atoms with E-state index in [0.717, 1.165) is 20.7 Å². The van der Waals surface area contributed by atoms with Gasteiger partial charge in [-0.25, -0.2) is 0 Å². The zero-order valence-corrected chi connectivity index (χ0v) is 13.0. The molecule has 0 saturated heterocycles. The number of hydrogen-bond donors (Lipinski definition) is 0. The zero-order chi connectivity index (χ0) is 13.3. The summed E-state index contributed by atoms with van der Waals surface area (Å²) in [7, 11) is -3.43. The van der Waals surface area contributed by atoms with Crippen molar-refractivity contribution in [3.05, 3.63) is 28.0 Å². The van der Waals surface area contributed by atoms with E-state index in [1.807, 2.05) is 18.2 Å². The molecule has 2 rings (SSSR count). The first-order valence-electron chi connectivity index (χ1n) is 5.34. The van der Waals surface area contributed by atoms with Crippen LogP contribution in [0.3, 0.4) is 0 Å². The molecular formula is C11H13IN2O3S. The van der Waals surface area contributed by atoms with Crippen LogP contribution < -0.4 is 0 Å². The smallest absolute Gasteiger partial charge is 0.264 e. The van der Waals surface area contributed by atoms with Crippen LogP contribution >= 0.6 is 22.6 Å². The van der Waals surface area contributed by atoms with Gasteiger partial charge < -0.3 is 0 Å². The predicted molar refractivity (Wildman–Crippen MR) is 77.8 cm³/mol. The van der Waals surface area contributed by atoms with Gasteiger partial charge in [0, 0.05) is 8.96 Å². The number of halogens is 1. The first kappa shape index (κ1) is 13.8. The summed E-state index contributed by atoms with van der Waals surface area (Å²) in [6.07, 6.45) is 2.37. The maximum atomic E-state index is 11.0. The second-order valence-corrected chi connectivity index (χ2v) is 6.99. The molecule has 98 valence electrons. The van der Waals surface area contributed by atoms with Crippen LogP contribution in [0.1, 0.15) is 6.92 Å². The Morgan fingerprint density at radius 3 is 2.89 bits per heavy atom. The highest BCUT2D eigenvalue weighted by Crippen LogP contribution is 2.17. The van der Waals surface area contributed by atoms with E-state index in [0.29, 0.717) is 6.54 Å². The Hall–Kier alpha value is -0.670. The van der Waals surface area contributed by atoms with E-state index in [2.05, 4.69) is 27.7 Å². The van der Waals surface area contributed by atoms with Crippen LogP contribution in [-0.4, -0.2) is 30.6 Å². The minimum atomic E-state index is -3.43. The number of aromatic nitrogens is 2. The summed E-state index contributed by atoms with van der Waals surface area (Å²) in [5.41, 5.74) is 0.978. The third-order valence-corrected chi connectivity index (χ3v) is 3.72. The molecule has 1 unspecified atom stereocenters. The van der Waals surface area contributed by atoms with Gasteiger partial charge in [0.05, 0.1) is 30.6 Å². The number of hydrogen-bond acceptors (Lipinski definition) is 4. The highest BCUT2D eigenvalue weighted by Gasteiger charge is 2.13. The zero-order valence-electron chi connectivity index (χ0n) is 10.00. The fourth-order valence-corrected chi connectivity index (χ4v) is 2.89. The van der Waals surface area contributed by atoms with Crippen LogP contribution in [0.2, 0.25) is 0 Å². The van der Waals surface area contributed by atoms with Crippen molar-refractivity contribution in [3.8, 4) is 0 Å². The monoisotopic (exact) mass is 380 g/mol. The van der Waals surface area contributed by atoms with E-state index < -0.39 is 16.2 Å². The summed E-state index contributed by atoms with van der Waals surface area (Å²) in [6, 6.07) is 6.00. The summed E-state index contributed by atoms with van der Waals surface area (Å²) in [5, 5.41) is 5.27. The molecular weight excluding hydrogens is 367 g/mol. The Bertz CT molecular complexity index is 666. The van der Waals surface area contributed by atoms with E-state index in [1.165, 1.54) is 0 Å². The van der Waals surface area contributed by atoms with E-state index >= 15 is 0 Å². The van der Waals surface area contributed by atoms with Gasteiger partial charge in [-0.2, -0.15) is 13.5 Å². The fraction of sp³-hybridized carbons (Fsp3) is 0.364. The molecule has 0 aliphatic rings. The number of nitrogens with zero attached hydrogens (tertiary/aromatic N) is 2. The molecule has 0 bridgehead atoms. The molecule has 0 saturated carbocycles. The van der Waals surface area contributed by atoms with Crippen molar-refractivity contribution in [1.82, 2.24) is 9.78 Å². The summed E-state index contributed by atoms with van der Waals surface area (Å²) in [6.45, 7) is 2.11. The second kappa shape index (κ2) is 5.14. The SMILES string of the molecule is CC(Cn1ncc2ccc(I)cc21)OS(C)(=O)=O. The highest BCUT2D eigenvalue weighted by atomic mass is 127. The fourth-order valence-electron chi connectivity index (χ4n) is 1.76. The lowest BCUT2D eigenvalue weighted by Crippen LogP contribution is -2.20.